The maximum absolute atomic E-state index is 12.4. The number of carboxylic acid groups (broad SMARTS) is 1. The summed E-state index contributed by atoms with van der Waals surface area (Å²) >= 11 is 0. The average molecular weight is 396 g/mol. The van der Waals surface area contributed by atoms with Crippen molar-refractivity contribution in [1.29, 1.82) is 0 Å². The highest BCUT2D eigenvalue weighted by atomic mass is 16.5. The molecule has 1 unspecified atom stereocenters. The third-order valence-electron chi connectivity index (χ3n) is 5.14. The molecular weight excluding hydrogens is 368 g/mol. The van der Waals surface area contributed by atoms with Crippen LogP contribution in [0.25, 0.3) is 0 Å². The summed E-state index contributed by atoms with van der Waals surface area (Å²) in [5.41, 5.74) is 2.23. The van der Waals surface area contributed by atoms with Crippen LogP contribution in [-0.2, 0) is 16.0 Å². The number of nitrogens with one attached hydrogen (secondary N) is 2. The second-order valence-corrected chi connectivity index (χ2v) is 7.41. The van der Waals surface area contributed by atoms with Crippen molar-refractivity contribution >= 4 is 12.0 Å². The summed E-state index contributed by atoms with van der Waals surface area (Å²) in [6, 6.07) is 19.3. The van der Waals surface area contributed by atoms with Crippen LogP contribution in [0.1, 0.15) is 42.9 Å². The number of hydrogen-bond acceptors (Lipinski definition) is 3. The average Bonchev–Trinajstić information content (AvgIpc) is 3.21. The molecule has 0 saturated carbocycles. The third-order valence-corrected chi connectivity index (χ3v) is 5.14. The number of hydrogen-bond donors (Lipinski definition) is 3. The van der Waals surface area contributed by atoms with Gasteiger partial charge in [-0.15, -0.1) is 0 Å². The van der Waals surface area contributed by atoms with Crippen LogP contribution in [0.3, 0.4) is 0 Å². The Morgan fingerprint density at radius 3 is 2.41 bits per heavy atom. The number of ether oxygens (including phenoxy) is 1. The Hall–Kier alpha value is -2.86. The molecule has 0 spiro atoms. The zero-order chi connectivity index (χ0) is 20.5. The van der Waals surface area contributed by atoms with Gasteiger partial charge >= 0.3 is 12.0 Å². The van der Waals surface area contributed by atoms with Crippen LogP contribution < -0.4 is 10.6 Å². The molecule has 3 rings (SSSR count). The number of amides is 2. The van der Waals surface area contributed by atoms with Gasteiger partial charge in [0.15, 0.2) is 0 Å². The van der Waals surface area contributed by atoms with Crippen molar-refractivity contribution in [2.45, 2.75) is 50.4 Å². The number of benzene rings is 2. The maximum Gasteiger partial charge on any atom is 0.315 e. The minimum Gasteiger partial charge on any atom is -0.481 e. The first-order valence-electron chi connectivity index (χ1n) is 10.1. The summed E-state index contributed by atoms with van der Waals surface area (Å²) in [6.07, 6.45) is 2.89. The van der Waals surface area contributed by atoms with Gasteiger partial charge in [0.2, 0.25) is 0 Å². The lowest BCUT2D eigenvalue weighted by Gasteiger charge is -2.20. The summed E-state index contributed by atoms with van der Waals surface area (Å²) in [4.78, 5) is 23.3. The molecule has 3 N–H and O–H groups in total. The molecule has 2 aromatic carbocycles. The van der Waals surface area contributed by atoms with Crippen molar-refractivity contribution in [3.8, 4) is 0 Å². The Kier molecular flexibility index (Phi) is 7.64. The van der Waals surface area contributed by atoms with Gasteiger partial charge in [-0.2, -0.15) is 0 Å². The molecule has 0 aliphatic carbocycles. The van der Waals surface area contributed by atoms with Gasteiger partial charge in [0.1, 0.15) is 0 Å². The molecule has 1 saturated heterocycles. The van der Waals surface area contributed by atoms with Crippen molar-refractivity contribution in [2.24, 2.45) is 0 Å². The summed E-state index contributed by atoms with van der Waals surface area (Å²) in [7, 11) is 0. The van der Waals surface area contributed by atoms with Crippen molar-refractivity contribution in [2.75, 3.05) is 6.54 Å². The van der Waals surface area contributed by atoms with Crippen LogP contribution in [0.5, 0.6) is 0 Å². The van der Waals surface area contributed by atoms with E-state index in [1.165, 1.54) is 0 Å². The zero-order valence-electron chi connectivity index (χ0n) is 16.4. The summed E-state index contributed by atoms with van der Waals surface area (Å²) in [6.45, 7) is 0.437. The van der Waals surface area contributed by atoms with Crippen LogP contribution in [0.2, 0.25) is 0 Å². The molecule has 1 aliphatic rings. The fourth-order valence-electron chi connectivity index (χ4n) is 3.63. The monoisotopic (exact) mass is 396 g/mol. The van der Waals surface area contributed by atoms with Crippen LogP contribution in [0.4, 0.5) is 4.79 Å². The lowest BCUT2D eigenvalue weighted by Crippen LogP contribution is -2.45. The molecular formula is C23H28N2O4. The summed E-state index contributed by atoms with van der Waals surface area (Å²) < 4.78 is 6.06. The van der Waals surface area contributed by atoms with Crippen LogP contribution in [0.15, 0.2) is 60.7 Å². The van der Waals surface area contributed by atoms with E-state index in [1.807, 2.05) is 48.5 Å². The van der Waals surface area contributed by atoms with E-state index in [0.717, 1.165) is 24.0 Å². The molecule has 2 aromatic rings. The van der Waals surface area contributed by atoms with E-state index in [2.05, 4.69) is 22.8 Å². The second kappa shape index (κ2) is 10.6. The number of carboxylic acids is 1. The lowest BCUT2D eigenvalue weighted by atomic mass is 10.0. The number of carbonyl (C=O) groups excluding carboxylic acids is 1. The molecule has 6 heteroatoms. The maximum atomic E-state index is 12.4. The van der Waals surface area contributed by atoms with Crippen molar-refractivity contribution in [3.63, 3.8) is 0 Å². The molecule has 0 bridgehead atoms. The van der Waals surface area contributed by atoms with Crippen LogP contribution >= 0.6 is 0 Å². The highest BCUT2D eigenvalue weighted by Gasteiger charge is 2.26. The van der Waals surface area contributed by atoms with Gasteiger partial charge in [-0.25, -0.2) is 4.79 Å². The van der Waals surface area contributed by atoms with Gasteiger partial charge in [-0.3, -0.25) is 4.79 Å². The van der Waals surface area contributed by atoms with E-state index in [-0.39, 0.29) is 30.7 Å². The van der Waals surface area contributed by atoms with Gasteiger partial charge in [0, 0.05) is 19.0 Å². The van der Waals surface area contributed by atoms with Gasteiger partial charge < -0.3 is 20.5 Å². The Morgan fingerprint density at radius 1 is 1.03 bits per heavy atom. The Labute approximate surface area is 171 Å². The van der Waals surface area contributed by atoms with Crippen LogP contribution in [0, 0.1) is 0 Å². The number of aliphatic carboxylic acids is 1. The normalized spacial score (nSPS) is 19.4. The molecule has 154 valence electrons. The van der Waals surface area contributed by atoms with Crippen molar-refractivity contribution in [1.82, 2.24) is 10.6 Å². The van der Waals surface area contributed by atoms with Gasteiger partial charge in [-0.05, 0) is 36.8 Å². The van der Waals surface area contributed by atoms with E-state index in [1.54, 1.807) is 0 Å². The molecule has 29 heavy (non-hydrogen) atoms. The fourth-order valence-corrected chi connectivity index (χ4v) is 3.63. The molecule has 0 radical (unpaired) electrons. The summed E-state index contributed by atoms with van der Waals surface area (Å²) in [5.74, 6) is -0.864. The molecule has 1 aliphatic heterocycles. The lowest BCUT2D eigenvalue weighted by molar-refractivity contribution is -0.137. The number of carbonyl (C=O) groups is 2. The zero-order valence-corrected chi connectivity index (χ0v) is 16.4. The van der Waals surface area contributed by atoms with E-state index >= 15 is 0 Å². The highest BCUT2D eigenvalue weighted by Crippen LogP contribution is 2.32. The molecule has 1 fully saturated rings. The molecule has 3 atom stereocenters. The quantitative estimate of drug-likeness (QED) is 0.603. The van der Waals surface area contributed by atoms with E-state index < -0.39 is 5.97 Å². The topological polar surface area (TPSA) is 87.7 Å². The van der Waals surface area contributed by atoms with E-state index in [4.69, 9.17) is 9.84 Å². The van der Waals surface area contributed by atoms with Crippen LogP contribution in [-0.4, -0.2) is 35.8 Å². The number of urea groups is 1. The largest absolute Gasteiger partial charge is 0.481 e. The van der Waals surface area contributed by atoms with Gasteiger partial charge in [0.25, 0.3) is 0 Å². The molecule has 0 aromatic heterocycles. The van der Waals surface area contributed by atoms with Gasteiger partial charge in [-0.1, -0.05) is 60.7 Å². The predicted octanol–water partition coefficient (Wildman–Crippen LogP) is 3.68. The van der Waals surface area contributed by atoms with Gasteiger partial charge in [0.05, 0.1) is 12.2 Å². The smallest absolute Gasteiger partial charge is 0.315 e. The van der Waals surface area contributed by atoms with Crippen molar-refractivity contribution in [3.05, 3.63) is 71.8 Å². The predicted molar refractivity (Wildman–Crippen MR) is 111 cm³/mol. The minimum absolute atomic E-state index is 0.0161. The molecule has 6 nitrogen and oxygen atoms in total. The highest BCUT2D eigenvalue weighted by molar-refractivity contribution is 5.74. The fraction of sp³-hybridized carbons (Fsp3) is 0.391. The number of rotatable bonds is 9. The second-order valence-electron chi connectivity index (χ2n) is 7.41. The first kappa shape index (κ1) is 20.9. The Balaban J connectivity index is 1.46. The van der Waals surface area contributed by atoms with E-state index in [0.29, 0.717) is 19.4 Å². The molecule has 1 heterocycles. The SMILES string of the molecule is O=C(O)CCC(Cc1ccccc1)NC(=O)NC[C@H]1CC[C@@H](c2ccccc2)O1. The molecule has 2 amide bonds. The Bertz CT molecular complexity index is 782. The van der Waals surface area contributed by atoms with E-state index in [9.17, 15) is 9.59 Å². The third kappa shape index (κ3) is 6.91. The standard InChI is InChI=1S/C23H28N2O4/c26-22(27)14-11-19(15-17-7-3-1-4-8-17)25-23(28)24-16-20-12-13-21(29-20)18-9-5-2-6-10-18/h1-10,19-21H,11-16H2,(H,26,27)(H2,24,25,28)/t19?,20-,21+/m1/s1. The summed E-state index contributed by atoms with van der Waals surface area (Å²) in [5, 5.41) is 14.8. The Morgan fingerprint density at radius 2 is 1.72 bits per heavy atom. The first-order valence-corrected chi connectivity index (χ1v) is 10.1. The minimum atomic E-state index is -0.864. The van der Waals surface area contributed by atoms with Crippen molar-refractivity contribution < 1.29 is 19.4 Å². The first-order chi connectivity index (χ1) is 14.1.